The fourth-order valence-corrected chi connectivity index (χ4v) is 1.69. The van der Waals surface area contributed by atoms with E-state index in [-0.39, 0.29) is 16.5 Å². The molecule has 0 saturated carbocycles. The van der Waals surface area contributed by atoms with E-state index in [0.29, 0.717) is 4.47 Å². The van der Waals surface area contributed by atoms with E-state index in [1.807, 2.05) is 0 Å². The Kier molecular flexibility index (Phi) is 3.59. The second-order valence-corrected chi connectivity index (χ2v) is 4.59. The second-order valence-electron chi connectivity index (χ2n) is 3.23. The van der Waals surface area contributed by atoms with Gasteiger partial charge in [-0.25, -0.2) is 13.8 Å². The molecule has 1 aromatic heterocycles. The number of benzene rings is 1. The summed E-state index contributed by atoms with van der Waals surface area (Å²) in [4.78, 5) is 3.80. The van der Waals surface area contributed by atoms with E-state index in [0.717, 1.165) is 6.07 Å². The van der Waals surface area contributed by atoms with E-state index >= 15 is 0 Å². The zero-order valence-corrected chi connectivity index (χ0v) is 10.7. The molecule has 1 aromatic carbocycles. The van der Waals surface area contributed by atoms with Gasteiger partial charge in [-0.05, 0) is 40.2 Å². The molecule has 0 fully saturated rings. The van der Waals surface area contributed by atoms with Gasteiger partial charge in [-0.15, -0.1) is 0 Å². The van der Waals surface area contributed by atoms with Gasteiger partial charge in [0.1, 0.15) is 5.82 Å². The van der Waals surface area contributed by atoms with Crippen LogP contribution in [0.25, 0.3) is 0 Å². The van der Waals surface area contributed by atoms with Crippen molar-refractivity contribution in [2.24, 2.45) is 0 Å². The lowest BCUT2D eigenvalue weighted by molar-refractivity contribution is 0.621. The van der Waals surface area contributed by atoms with E-state index < -0.39 is 11.6 Å². The van der Waals surface area contributed by atoms with Gasteiger partial charge in [-0.1, -0.05) is 11.6 Å². The second kappa shape index (κ2) is 4.98. The number of anilines is 2. The number of aromatic nitrogens is 1. The first-order chi connectivity index (χ1) is 8.06. The summed E-state index contributed by atoms with van der Waals surface area (Å²) in [6.45, 7) is 0. The monoisotopic (exact) mass is 318 g/mol. The van der Waals surface area contributed by atoms with E-state index in [1.54, 1.807) is 0 Å². The Labute approximate surface area is 110 Å². The zero-order chi connectivity index (χ0) is 12.4. The molecule has 1 N–H and O–H groups in total. The number of halogens is 4. The van der Waals surface area contributed by atoms with Gasteiger partial charge in [0.05, 0.1) is 5.69 Å². The third-order valence-electron chi connectivity index (χ3n) is 1.99. The van der Waals surface area contributed by atoms with Gasteiger partial charge in [0.15, 0.2) is 11.6 Å². The van der Waals surface area contributed by atoms with E-state index in [4.69, 9.17) is 11.6 Å². The quantitative estimate of drug-likeness (QED) is 0.880. The molecule has 2 nitrogen and oxygen atoms in total. The van der Waals surface area contributed by atoms with Crippen molar-refractivity contribution >= 4 is 39.0 Å². The van der Waals surface area contributed by atoms with Crippen molar-refractivity contribution in [2.45, 2.75) is 0 Å². The Morgan fingerprint density at radius 1 is 1.18 bits per heavy atom. The average Bonchev–Trinajstić information content (AvgIpc) is 2.25. The summed E-state index contributed by atoms with van der Waals surface area (Å²) in [5.41, 5.74) is 0.114. The Morgan fingerprint density at radius 3 is 2.59 bits per heavy atom. The zero-order valence-electron chi connectivity index (χ0n) is 8.35. The number of nitrogens with one attached hydrogen (secondary N) is 1. The van der Waals surface area contributed by atoms with Crippen LogP contribution in [-0.4, -0.2) is 4.98 Å². The van der Waals surface area contributed by atoms with Crippen LogP contribution < -0.4 is 5.32 Å². The smallest absolute Gasteiger partial charge is 0.166 e. The van der Waals surface area contributed by atoms with Gasteiger partial charge in [0.2, 0.25) is 0 Å². The number of hydrogen-bond donors (Lipinski definition) is 1. The highest BCUT2D eigenvalue weighted by Crippen LogP contribution is 2.24. The molecule has 88 valence electrons. The number of rotatable bonds is 2. The molecule has 17 heavy (non-hydrogen) atoms. The standard InChI is InChI=1S/C11H6BrClF2N2/c12-6-3-9(15)11(16-5-6)17-10-2-1-7(13)4-8(10)14/h1-5H,(H,16,17). The summed E-state index contributed by atoms with van der Waals surface area (Å²) in [5, 5.41) is 2.83. The lowest BCUT2D eigenvalue weighted by Gasteiger charge is -2.07. The number of pyridine rings is 1. The molecule has 0 bridgehead atoms. The molecule has 0 amide bonds. The van der Waals surface area contributed by atoms with Gasteiger partial charge < -0.3 is 5.32 Å². The summed E-state index contributed by atoms with van der Waals surface area (Å²) in [6, 6.07) is 5.30. The molecular weight excluding hydrogens is 313 g/mol. The molecule has 0 aliphatic carbocycles. The Hall–Kier alpha value is -1.20. The number of hydrogen-bond acceptors (Lipinski definition) is 2. The Bertz CT molecular complexity index is 514. The SMILES string of the molecule is Fc1cc(Cl)ccc1Nc1ncc(Br)cc1F. The molecule has 0 aliphatic rings. The van der Waals surface area contributed by atoms with E-state index in [9.17, 15) is 8.78 Å². The van der Waals surface area contributed by atoms with Gasteiger partial charge >= 0.3 is 0 Å². The third-order valence-corrected chi connectivity index (χ3v) is 2.66. The van der Waals surface area contributed by atoms with Crippen molar-refractivity contribution in [3.05, 3.63) is 51.6 Å². The van der Waals surface area contributed by atoms with Gasteiger partial charge in [-0.3, -0.25) is 0 Å². The highest BCUT2D eigenvalue weighted by molar-refractivity contribution is 9.10. The minimum absolute atomic E-state index is 0.0468. The van der Waals surface area contributed by atoms with Crippen LogP contribution in [0.5, 0.6) is 0 Å². The van der Waals surface area contributed by atoms with Crippen molar-refractivity contribution in [3.63, 3.8) is 0 Å². The van der Waals surface area contributed by atoms with Crippen LogP contribution in [0.1, 0.15) is 0 Å². The third kappa shape index (κ3) is 2.92. The topological polar surface area (TPSA) is 24.9 Å². The predicted octanol–water partition coefficient (Wildman–Crippen LogP) is 4.52. The summed E-state index contributed by atoms with van der Waals surface area (Å²) < 4.78 is 27.4. The average molecular weight is 320 g/mol. The first-order valence-corrected chi connectivity index (χ1v) is 5.76. The van der Waals surface area contributed by atoms with Crippen molar-refractivity contribution in [1.29, 1.82) is 0 Å². The summed E-state index contributed by atoms with van der Waals surface area (Å²) in [5.74, 6) is -1.19. The fourth-order valence-electron chi connectivity index (χ4n) is 1.22. The largest absolute Gasteiger partial charge is 0.335 e. The molecule has 1 heterocycles. The molecular formula is C11H6BrClF2N2. The highest BCUT2D eigenvalue weighted by atomic mass is 79.9. The van der Waals surface area contributed by atoms with Crippen LogP contribution in [0.15, 0.2) is 34.9 Å². The van der Waals surface area contributed by atoms with Crippen molar-refractivity contribution in [2.75, 3.05) is 5.32 Å². The maximum absolute atomic E-state index is 13.4. The van der Waals surface area contributed by atoms with Gasteiger partial charge in [-0.2, -0.15) is 0 Å². The van der Waals surface area contributed by atoms with Crippen LogP contribution in [0.4, 0.5) is 20.3 Å². The van der Waals surface area contributed by atoms with Crippen LogP contribution in [-0.2, 0) is 0 Å². The maximum Gasteiger partial charge on any atom is 0.166 e. The molecule has 0 saturated heterocycles. The molecule has 0 spiro atoms. The number of nitrogens with zero attached hydrogens (tertiary/aromatic N) is 1. The van der Waals surface area contributed by atoms with Crippen LogP contribution >= 0.6 is 27.5 Å². The Morgan fingerprint density at radius 2 is 1.94 bits per heavy atom. The minimum Gasteiger partial charge on any atom is -0.335 e. The highest BCUT2D eigenvalue weighted by Gasteiger charge is 2.08. The maximum atomic E-state index is 13.4. The Balaban J connectivity index is 2.31. The van der Waals surface area contributed by atoms with Crippen LogP contribution in [0.3, 0.4) is 0 Å². The molecule has 2 aromatic rings. The van der Waals surface area contributed by atoms with E-state index in [2.05, 4.69) is 26.2 Å². The summed E-state index contributed by atoms with van der Waals surface area (Å²) in [6.07, 6.45) is 1.42. The van der Waals surface area contributed by atoms with Crippen LogP contribution in [0, 0.1) is 11.6 Å². The minimum atomic E-state index is -0.575. The molecule has 0 aliphatic heterocycles. The van der Waals surface area contributed by atoms with E-state index in [1.165, 1.54) is 24.4 Å². The molecule has 0 unspecified atom stereocenters. The fraction of sp³-hybridized carbons (Fsp3) is 0. The lowest BCUT2D eigenvalue weighted by atomic mass is 10.3. The van der Waals surface area contributed by atoms with Crippen LogP contribution in [0.2, 0.25) is 5.02 Å². The van der Waals surface area contributed by atoms with Crippen molar-refractivity contribution in [3.8, 4) is 0 Å². The van der Waals surface area contributed by atoms with Gasteiger partial charge in [0.25, 0.3) is 0 Å². The molecule has 0 radical (unpaired) electrons. The summed E-state index contributed by atoms with van der Waals surface area (Å²) in [7, 11) is 0. The van der Waals surface area contributed by atoms with Crippen molar-refractivity contribution < 1.29 is 8.78 Å². The molecule has 6 heteroatoms. The first-order valence-electron chi connectivity index (χ1n) is 4.59. The first kappa shape index (κ1) is 12.3. The normalized spacial score (nSPS) is 10.4. The summed E-state index contributed by atoms with van der Waals surface area (Å²) >= 11 is 8.69. The molecule has 2 rings (SSSR count). The van der Waals surface area contributed by atoms with Crippen molar-refractivity contribution in [1.82, 2.24) is 4.98 Å². The van der Waals surface area contributed by atoms with Gasteiger partial charge in [0, 0.05) is 15.7 Å². The molecule has 0 atom stereocenters. The lowest BCUT2D eigenvalue weighted by Crippen LogP contribution is -1.99. The predicted molar refractivity (Wildman–Crippen MR) is 66.6 cm³/mol.